The molecular weight excluding hydrogens is 221 g/mol. The van der Waals surface area contributed by atoms with Gasteiger partial charge < -0.3 is 10.8 Å². The highest BCUT2D eigenvalue weighted by atomic mass is 19.1. The molecule has 0 bridgehead atoms. The van der Waals surface area contributed by atoms with E-state index in [2.05, 4.69) is 0 Å². The molecule has 0 fully saturated rings. The Morgan fingerprint density at radius 1 is 1.53 bits per heavy atom. The Balaban J connectivity index is 2.87. The Hall–Kier alpha value is -1.42. The number of benzene rings is 1. The molecule has 3 nitrogen and oxygen atoms in total. The van der Waals surface area contributed by atoms with Gasteiger partial charge in [-0.25, -0.2) is 4.39 Å². The number of alkyl halides is 1. The van der Waals surface area contributed by atoms with E-state index in [4.69, 9.17) is 10.8 Å². The Kier molecular flexibility index (Phi) is 4.63. The summed E-state index contributed by atoms with van der Waals surface area (Å²) < 4.78 is 13.2. The van der Waals surface area contributed by atoms with E-state index in [1.807, 2.05) is 13.0 Å². The standard InChI is InChI=1S/C13H18FNO2/c1-8-3-4-10(9(2)14)7-11(8)12(15)5-6-13(16)17/h3-4,7,9,12H,5-6,15H2,1-2H3,(H,16,17). The number of hydrogen-bond donors (Lipinski definition) is 2. The lowest BCUT2D eigenvalue weighted by Gasteiger charge is -2.15. The van der Waals surface area contributed by atoms with E-state index in [9.17, 15) is 9.18 Å². The zero-order valence-electron chi connectivity index (χ0n) is 10.1. The summed E-state index contributed by atoms with van der Waals surface area (Å²) in [7, 11) is 0. The number of nitrogens with two attached hydrogens (primary N) is 1. The molecule has 3 N–H and O–H groups in total. The van der Waals surface area contributed by atoms with Crippen LogP contribution in [0.15, 0.2) is 18.2 Å². The summed E-state index contributed by atoms with van der Waals surface area (Å²) in [4.78, 5) is 10.5. The number of aryl methyl sites for hydroxylation is 1. The van der Waals surface area contributed by atoms with Gasteiger partial charge in [0.05, 0.1) is 0 Å². The van der Waals surface area contributed by atoms with E-state index in [-0.39, 0.29) is 12.5 Å². The summed E-state index contributed by atoms with van der Waals surface area (Å²) in [6, 6.07) is 4.92. The van der Waals surface area contributed by atoms with Crippen LogP contribution in [0.1, 0.15) is 48.7 Å². The fourth-order valence-corrected chi connectivity index (χ4v) is 1.74. The third-order valence-corrected chi connectivity index (χ3v) is 2.83. The van der Waals surface area contributed by atoms with Crippen molar-refractivity contribution in [2.24, 2.45) is 5.73 Å². The third kappa shape index (κ3) is 3.82. The van der Waals surface area contributed by atoms with Crippen molar-refractivity contribution in [1.29, 1.82) is 0 Å². The number of carboxylic acid groups (broad SMARTS) is 1. The molecule has 0 heterocycles. The maximum absolute atomic E-state index is 13.2. The summed E-state index contributed by atoms with van der Waals surface area (Å²) in [5.74, 6) is -0.867. The molecule has 0 amide bonds. The SMILES string of the molecule is Cc1ccc(C(C)F)cc1C(N)CCC(=O)O. The summed E-state index contributed by atoms with van der Waals surface area (Å²) in [5.41, 5.74) is 8.30. The van der Waals surface area contributed by atoms with Gasteiger partial charge in [-0.2, -0.15) is 0 Å². The van der Waals surface area contributed by atoms with Crippen molar-refractivity contribution in [3.05, 3.63) is 34.9 Å². The van der Waals surface area contributed by atoms with Gasteiger partial charge in [-0.05, 0) is 37.0 Å². The van der Waals surface area contributed by atoms with Gasteiger partial charge >= 0.3 is 5.97 Å². The molecule has 0 saturated carbocycles. The number of carboxylic acids is 1. The van der Waals surface area contributed by atoms with Gasteiger partial charge in [-0.1, -0.05) is 18.2 Å². The van der Waals surface area contributed by atoms with Gasteiger partial charge in [-0.3, -0.25) is 4.79 Å². The number of aliphatic carboxylic acids is 1. The van der Waals surface area contributed by atoms with Crippen LogP contribution < -0.4 is 5.73 Å². The molecule has 17 heavy (non-hydrogen) atoms. The lowest BCUT2D eigenvalue weighted by Crippen LogP contribution is -2.14. The average Bonchev–Trinajstić information content (AvgIpc) is 2.26. The van der Waals surface area contributed by atoms with Crippen LogP contribution in [0.25, 0.3) is 0 Å². The van der Waals surface area contributed by atoms with Crippen molar-refractivity contribution in [2.75, 3.05) is 0 Å². The van der Waals surface area contributed by atoms with Crippen molar-refractivity contribution in [3.63, 3.8) is 0 Å². The van der Waals surface area contributed by atoms with E-state index in [0.717, 1.165) is 11.1 Å². The van der Waals surface area contributed by atoms with Crippen LogP contribution in [0, 0.1) is 6.92 Å². The van der Waals surface area contributed by atoms with Crippen LogP contribution in [-0.4, -0.2) is 11.1 Å². The fraction of sp³-hybridized carbons (Fsp3) is 0.462. The number of hydrogen-bond acceptors (Lipinski definition) is 2. The predicted octanol–water partition coefficient (Wildman–Crippen LogP) is 2.89. The Morgan fingerprint density at radius 3 is 2.71 bits per heavy atom. The van der Waals surface area contributed by atoms with Crippen LogP contribution in [0.3, 0.4) is 0 Å². The molecule has 2 atom stereocenters. The fourth-order valence-electron chi connectivity index (χ4n) is 1.74. The van der Waals surface area contributed by atoms with Crippen molar-refractivity contribution in [1.82, 2.24) is 0 Å². The first-order valence-electron chi connectivity index (χ1n) is 5.63. The molecule has 0 radical (unpaired) electrons. The highest BCUT2D eigenvalue weighted by Gasteiger charge is 2.13. The normalized spacial score (nSPS) is 14.4. The van der Waals surface area contributed by atoms with E-state index < -0.39 is 12.1 Å². The van der Waals surface area contributed by atoms with Gasteiger partial charge in [-0.15, -0.1) is 0 Å². The van der Waals surface area contributed by atoms with Crippen LogP contribution in [-0.2, 0) is 4.79 Å². The largest absolute Gasteiger partial charge is 0.481 e. The molecule has 0 aliphatic carbocycles. The predicted molar refractivity (Wildman–Crippen MR) is 64.5 cm³/mol. The molecule has 2 unspecified atom stereocenters. The summed E-state index contributed by atoms with van der Waals surface area (Å²) >= 11 is 0. The van der Waals surface area contributed by atoms with E-state index in [1.165, 1.54) is 6.92 Å². The Bertz CT molecular complexity index is 404. The van der Waals surface area contributed by atoms with Gasteiger partial charge in [0.15, 0.2) is 0 Å². The van der Waals surface area contributed by atoms with Crippen molar-refractivity contribution >= 4 is 5.97 Å². The quantitative estimate of drug-likeness (QED) is 0.830. The highest BCUT2D eigenvalue weighted by molar-refractivity contribution is 5.66. The van der Waals surface area contributed by atoms with E-state index in [1.54, 1.807) is 12.1 Å². The second kappa shape index (κ2) is 5.77. The molecule has 0 aromatic heterocycles. The van der Waals surface area contributed by atoms with Gasteiger partial charge in [0.1, 0.15) is 6.17 Å². The summed E-state index contributed by atoms with van der Waals surface area (Å²) in [6.07, 6.45) is -0.655. The van der Waals surface area contributed by atoms with Gasteiger partial charge in [0, 0.05) is 12.5 Å². The first kappa shape index (κ1) is 13.6. The molecule has 1 rings (SSSR count). The van der Waals surface area contributed by atoms with Gasteiger partial charge in [0.2, 0.25) is 0 Å². The minimum Gasteiger partial charge on any atom is -0.481 e. The zero-order valence-corrected chi connectivity index (χ0v) is 10.1. The molecule has 4 heteroatoms. The average molecular weight is 239 g/mol. The third-order valence-electron chi connectivity index (χ3n) is 2.83. The minimum absolute atomic E-state index is 0.0238. The first-order chi connectivity index (χ1) is 7.91. The molecule has 0 aliphatic heterocycles. The van der Waals surface area contributed by atoms with Crippen molar-refractivity contribution in [2.45, 2.75) is 38.9 Å². The number of rotatable bonds is 5. The molecule has 1 aromatic rings. The van der Waals surface area contributed by atoms with Crippen molar-refractivity contribution < 1.29 is 14.3 Å². The lowest BCUT2D eigenvalue weighted by atomic mass is 9.95. The van der Waals surface area contributed by atoms with Gasteiger partial charge in [0.25, 0.3) is 0 Å². The Morgan fingerprint density at radius 2 is 2.18 bits per heavy atom. The highest BCUT2D eigenvalue weighted by Crippen LogP contribution is 2.25. The molecular formula is C13H18FNO2. The lowest BCUT2D eigenvalue weighted by molar-refractivity contribution is -0.137. The minimum atomic E-state index is -1.04. The molecule has 1 aromatic carbocycles. The summed E-state index contributed by atoms with van der Waals surface area (Å²) in [5, 5.41) is 8.61. The van der Waals surface area contributed by atoms with E-state index >= 15 is 0 Å². The Labute approximate surface area is 100 Å². The monoisotopic (exact) mass is 239 g/mol. The van der Waals surface area contributed by atoms with E-state index in [0.29, 0.717) is 12.0 Å². The number of carbonyl (C=O) groups is 1. The maximum atomic E-state index is 13.2. The number of halogens is 1. The van der Waals surface area contributed by atoms with Crippen LogP contribution in [0.4, 0.5) is 4.39 Å². The van der Waals surface area contributed by atoms with Crippen molar-refractivity contribution in [3.8, 4) is 0 Å². The topological polar surface area (TPSA) is 63.3 Å². The molecule has 94 valence electrons. The second-order valence-corrected chi connectivity index (χ2v) is 4.27. The second-order valence-electron chi connectivity index (χ2n) is 4.27. The molecule has 0 aliphatic rings. The summed E-state index contributed by atoms with van der Waals surface area (Å²) in [6.45, 7) is 3.36. The molecule has 0 saturated heterocycles. The zero-order chi connectivity index (χ0) is 13.0. The maximum Gasteiger partial charge on any atom is 0.303 e. The molecule has 0 spiro atoms. The van der Waals surface area contributed by atoms with Crippen LogP contribution in [0.5, 0.6) is 0 Å². The first-order valence-corrected chi connectivity index (χ1v) is 5.63. The van der Waals surface area contributed by atoms with Crippen LogP contribution in [0.2, 0.25) is 0 Å². The van der Waals surface area contributed by atoms with Crippen LogP contribution >= 0.6 is 0 Å². The smallest absolute Gasteiger partial charge is 0.303 e.